The number of alkyl halides is 9. The number of benzene rings is 2. The summed E-state index contributed by atoms with van der Waals surface area (Å²) in [4.78, 5) is 24.8. The second-order valence-electron chi connectivity index (χ2n) is 8.50. The van der Waals surface area contributed by atoms with E-state index in [1.807, 2.05) is 5.32 Å². The van der Waals surface area contributed by atoms with Gasteiger partial charge >= 0.3 is 18.5 Å². The molecule has 0 aromatic heterocycles. The molecule has 2 aromatic carbocycles. The first-order valence-electron chi connectivity index (χ1n) is 10.8. The van der Waals surface area contributed by atoms with E-state index in [9.17, 15) is 53.5 Å². The smallest absolute Gasteiger partial charge is 0.341 e. The summed E-state index contributed by atoms with van der Waals surface area (Å²) in [5.41, 5.74) is -4.37. The molecule has 220 valence electrons. The number of hydrogen-bond acceptors (Lipinski definition) is 2. The summed E-state index contributed by atoms with van der Waals surface area (Å²) in [7, 11) is 0.764. The van der Waals surface area contributed by atoms with Crippen LogP contribution in [-0.2, 0) is 11.0 Å². The standard InChI is InChI=1S/C24H18BrClF10N2O2/c1-11(21(40)38(2)10-22(28,29)30)37-20(39)16-4-3-12(7-18(16)24(34,35)36)19(27)9-17(23(31,32)33)13-5-14(25)8-15(26)6-13/h3-9,11,17H,10H2,1-2H3,(H,37,39)/b19-9-/t11-,17?/m1/s1. The van der Waals surface area contributed by atoms with Crippen LogP contribution in [0, 0.1) is 0 Å². The molecule has 0 saturated carbocycles. The number of nitrogens with one attached hydrogen (secondary N) is 1. The first-order chi connectivity index (χ1) is 18.1. The van der Waals surface area contributed by atoms with Crippen molar-refractivity contribution in [2.45, 2.75) is 37.4 Å². The van der Waals surface area contributed by atoms with Crippen molar-refractivity contribution in [3.8, 4) is 0 Å². The van der Waals surface area contributed by atoms with Gasteiger partial charge in [0, 0.05) is 22.1 Å². The van der Waals surface area contributed by atoms with E-state index >= 15 is 0 Å². The second kappa shape index (κ2) is 12.4. The van der Waals surface area contributed by atoms with E-state index in [2.05, 4.69) is 15.9 Å². The maximum atomic E-state index is 14.9. The van der Waals surface area contributed by atoms with Crippen molar-refractivity contribution >= 4 is 45.2 Å². The molecular formula is C24H18BrClF10N2O2. The molecule has 0 heterocycles. The summed E-state index contributed by atoms with van der Waals surface area (Å²) in [6.07, 6.45) is -15.1. The Labute approximate surface area is 234 Å². The molecule has 4 nitrogen and oxygen atoms in total. The fraction of sp³-hybridized carbons (Fsp3) is 0.333. The Morgan fingerprint density at radius 3 is 2.12 bits per heavy atom. The fourth-order valence-electron chi connectivity index (χ4n) is 3.52. The highest BCUT2D eigenvalue weighted by atomic mass is 79.9. The lowest BCUT2D eigenvalue weighted by atomic mass is 9.95. The van der Waals surface area contributed by atoms with E-state index in [0.29, 0.717) is 12.1 Å². The number of hydrogen-bond donors (Lipinski definition) is 1. The molecule has 2 atom stereocenters. The van der Waals surface area contributed by atoms with Gasteiger partial charge in [0.25, 0.3) is 5.91 Å². The minimum atomic E-state index is -5.31. The summed E-state index contributed by atoms with van der Waals surface area (Å²) in [5.74, 6) is -7.12. The minimum absolute atomic E-state index is 0.0462. The van der Waals surface area contributed by atoms with Gasteiger partial charge in [0.05, 0.1) is 11.1 Å². The first-order valence-corrected chi connectivity index (χ1v) is 12.0. The molecule has 40 heavy (non-hydrogen) atoms. The first kappa shape index (κ1) is 33.4. The van der Waals surface area contributed by atoms with Crippen LogP contribution in [0.1, 0.15) is 39.9 Å². The van der Waals surface area contributed by atoms with Crippen molar-refractivity contribution in [2.24, 2.45) is 0 Å². The molecule has 0 aliphatic carbocycles. The van der Waals surface area contributed by atoms with Crippen LogP contribution < -0.4 is 5.32 Å². The van der Waals surface area contributed by atoms with Crippen molar-refractivity contribution in [1.82, 2.24) is 10.2 Å². The lowest BCUT2D eigenvalue weighted by molar-refractivity contribution is -0.159. The lowest BCUT2D eigenvalue weighted by Gasteiger charge is -2.23. The lowest BCUT2D eigenvalue weighted by Crippen LogP contribution is -2.48. The molecule has 0 aliphatic rings. The van der Waals surface area contributed by atoms with E-state index < -0.39 is 76.9 Å². The number of carbonyl (C=O) groups excluding carboxylic acids is 2. The average Bonchev–Trinajstić information content (AvgIpc) is 2.78. The van der Waals surface area contributed by atoms with E-state index in [0.717, 1.165) is 26.1 Å². The topological polar surface area (TPSA) is 49.4 Å². The maximum absolute atomic E-state index is 14.9. The molecule has 1 N–H and O–H groups in total. The molecule has 1 unspecified atom stereocenters. The fourth-order valence-corrected chi connectivity index (χ4v) is 4.40. The molecule has 0 bridgehead atoms. The molecule has 0 fully saturated rings. The van der Waals surface area contributed by atoms with Gasteiger partial charge in [0.15, 0.2) is 0 Å². The SMILES string of the molecule is C[C@@H](NC(=O)c1ccc(/C(F)=C/C(c2cc(Cl)cc(Br)c2)C(F)(F)F)cc1C(F)(F)F)C(=O)N(C)CC(F)(F)F. The van der Waals surface area contributed by atoms with Crippen LogP contribution in [0.25, 0.3) is 5.83 Å². The second-order valence-corrected chi connectivity index (χ2v) is 9.85. The number of allylic oxidation sites excluding steroid dienone is 1. The summed E-state index contributed by atoms with van der Waals surface area (Å²) >= 11 is 8.72. The highest BCUT2D eigenvalue weighted by Gasteiger charge is 2.41. The van der Waals surface area contributed by atoms with E-state index in [1.54, 1.807) is 0 Å². The molecule has 2 aromatic rings. The molecule has 2 rings (SSSR count). The van der Waals surface area contributed by atoms with Crippen LogP contribution in [0.5, 0.6) is 0 Å². The summed E-state index contributed by atoms with van der Waals surface area (Å²) in [6.45, 7) is -0.756. The molecule has 0 radical (unpaired) electrons. The molecule has 2 amide bonds. The molecule has 0 spiro atoms. The van der Waals surface area contributed by atoms with Crippen LogP contribution in [0.15, 0.2) is 46.9 Å². The minimum Gasteiger partial charge on any atom is -0.341 e. The average molecular weight is 672 g/mol. The van der Waals surface area contributed by atoms with Crippen molar-refractivity contribution in [2.75, 3.05) is 13.6 Å². The number of carbonyl (C=O) groups is 2. The van der Waals surface area contributed by atoms with Gasteiger partial charge < -0.3 is 10.2 Å². The normalized spacial score (nSPS) is 14.5. The third-order valence-corrected chi connectivity index (χ3v) is 5.94. The van der Waals surface area contributed by atoms with Gasteiger partial charge in [-0.15, -0.1) is 0 Å². The van der Waals surface area contributed by atoms with Crippen LogP contribution in [0.4, 0.5) is 43.9 Å². The van der Waals surface area contributed by atoms with Gasteiger partial charge in [0.2, 0.25) is 5.91 Å². The Kier molecular flexibility index (Phi) is 10.3. The number of nitrogens with zero attached hydrogens (tertiary/aromatic N) is 1. The third-order valence-electron chi connectivity index (χ3n) is 5.27. The Morgan fingerprint density at radius 1 is 1.02 bits per heavy atom. The van der Waals surface area contributed by atoms with Crippen molar-refractivity contribution in [3.63, 3.8) is 0 Å². The van der Waals surface area contributed by atoms with Gasteiger partial charge in [-0.2, -0.15) is 39.5 Å². The van der Waals surface area contributed by atoms with Crippen LogP contribution >= 0.6 is 27.5 Å². The van der Waals surface area contributed by atoms with Gasteiger partial charge in [0.1, 0.15) is 24.3 Å². The number of likely N-dealkylation sites (N-methyl/N-ethyl adjacent to an activating group) is 1. The molecular weight excluding hydrogens is 654 g/mol. The zero-order chi connectivity index (χ0) is 30.8. The predicted octanol–water partition coefficient (Wildman–Crippen LogP) is 7.92. The predicted molar refractivity (Wildman–Crippen MR) is 129 cm³/mol. The van der Waals surface area contributed by atoms with Crippen molar-refractivity contribution < 1.29 is 53.5 Å². The molecule has 16 heteroatoms. The summed E-state index contributed by atoms with van der Waals surface area (Å²) in [5, 5.41) is 1.71. The van der Waals surface area contributed by atoms with Crippen LogP contribution in [-0.4, -0.2) is 48.7 Å². The van der Waals surface area contributed by atoms with Crippen LogP contribution in [0.2, 0.25) is 5.02 Å². The third kappa shape index (κ3) is 9.11. The Bertz CT molecular complexity index is 1270. The van der Waals surface area contributed by atoms with E-state index in [4.69, 9.17) is 11.6 Å². The van der Waals surface area contributed by atoms with Gasteiger partial charge in [-0.25, -0.2) is 4.39 Å². The Morgan fingerprint density at radius 2 is 1.62 bits per heavy atom. The maximum Gasteiger partial charge on any atom is 0.417 e. The summed E-state index contributed by atoms with van der Waals surface area (Å²) in [6, 6.07) is 2.65. The van der Waals surface area contributed by atoms with Crippen LogP contribution in [0.3, 0.4) is 0 Å². The highest BCUT2D eigenvalue weighted by molar-refractivity contribution is 9.10. The van der Waals surface area contributed by atoms with Gasteiger partial charge in [-0.3, -0.25) is 9.59 Å². The monoisotopic (exact) mass is 670 g/mol. The largest absolute Gasteiger partial charge is 0.417 e. The highest BCUT2D eigenvalue weighted by Crippen LogP contribution is 2.41. The number of rotatable bonds is 7. The Balaban J connectivity index is 2.45. The zero-order valence-electron chi connectivity index (χ0n) is 20.2. The quantitative estimate of drug-likeness (QED) is 0.304. The Hall–Kier alpha value is -2.81. The molecule has 0 aliphatic heterocycles. The molecule has 0 saturated heterocycles. The van der Waals surface area contributed by atoms with Gasteiger partial charge in [-0.05, 0) is 48.9 Å². The van der Waals surface area contributed by atoms with Crippen molar-refractivity contribution in [1.29, 1.82) is 0 Å². The summed E-state index contributed by atoms with van der Waals surface area (Å²) < 4.78 is 135. The number of amides is 2. The van der Waals surface area contributed by atoms with Crippen molar-refractivity contribution in [3.05, 3.63) is 74.2 Å². The van der Waals surface area contributed by atoms with Gasteiger partial charge in [-0.1, -0.05) is 33.6 Å². The zero-order valence-corrected chi connectivity index (χ0v) is 22.5. The van der Waals surface area contributed by atoms with E-state index in [-0.39, 0.29) is 26.5 Å². The van der Waals surface area contributed by atoms with E-state index in [1.165, 1.54) is 6.07 Å². The number of halogens is 12.